The van der Waals surface area contributed by atoms with Crippen LogP contribution in [-0.2, 0) is 30.0 Å². The molecule has 2 rings (SSSR count). The number of carbonyl (C=O) groups is 2. The highest BCUT2D eigenvalue weighted by Crippen LogP contribution is 2.49. The quantitative estimate of drug-likeness (QED) is 0.300. The summed E-state index contributed by atoms with van der Waals surface area (Å²) in [5, 5.41) is 3.40. The van der Waals surface area contributed by atoms with Crippen molar-refractivity contribution < 1.29 is 28.0 Å². The Labute approximate surface area is 211 Å². The number of nitrogens with one attached hydrogen (secondary N) is 1. The van der Waals surface area contributed by atoms with Crippen LogP contribution in [0.5, 0.6) is 0 Å². The van der Waals surface area contributed by atoms with Crippen molar-refractivity contribution in [3.05, 3.63) is 17.0 Å². The maximum atomic E-state index is 14.5. The van der Waals surface area contributed by atoms with Crippen LogP contribution < -0.4 is 16.3 Å². The molecule has 2 heterocycles. The summed E-state index contributed by atoms with van der Waals surface area (Å²) in [6.45, 7) is 14.5. The Morgan fingerprint density at radius 1 is 1.14 bits per heavy atom. The number of carbonyl (C=O) groups excluding carboxylic acids is 2. The molecule has 0 aliphatic rings. The van der Waals surface area contributed by atoms with E-state index >= 15 is 0 Å². The van der Waals surface area contributed by atoms with E-state index in [1.54, 1.807) is 53.7 Å². The van der Waals surface area contributed by atoms with E-state index in [9.17, 15) is 14.2 Å². The summed E-state index contributed by atoms with van der Waals surface area (Å²) in [6, 6.07) is 3.29. The van der Waals surface area contributed by atoms with Crippen LogP contribution in [0.4, 0.5) is 5.13 Å². The normalized spacial score (nSPS) is 14.1. The van der Waals surface area contributed by atoms with Crippen LogP contribution in [0.3, 0.4) is 0 Å². The number of nitrogens with zero attached hydrogens (tertiary/aromatic N) is 1. The molecule has 1 unspecified atom stereocenters. The lowest BCUT2D eigenvalue weighted by Gasteiger charge is -2.33. The highest BCUT2D eigenvalue weighted by molar-refractivity contribution is 7.69. The zero-order valence-corrected chi connectivity index (χ0v) is 23.6. The van der Waals surface area contributed by atoms with Crippen LogP contribution in [-0.4, -0.2) is 41.8 Å². The molecule has 0 saturated heterocycles. The average molecular weight is 528 g/mol. The zero-order chi connectivity index (χ0) is 26.6. The number of anilines is 1. The summed E-state index contributed by atoms with van der Waals surface area (Å²) in [5.41, 5.74) is 4.28. The third kappa shape index (κ3) is 7.18. The van der Waals surface area contributed by atoms with Gasteiger partial charge >= 0.3 is 11.9 Å². The van der Waals surface area contributed by atoms with E-state index in [-0.39, 0.29) is 24.9 Å². The van der Waals surface area contributed by atoms with Crippen molar-refractivity contribution in [1.82, 2.24) is 10.1 Å². The van der Waals surface area contributed by atoms with Gasteiger partial charge in [-0.2, -0.15) is 0 Å². The van der Waals surface area contributed by atoms with Crippen LogP contribution in [0, 0.1) is 11.3 Å². The fourth-order valence-corrected chi connectivity index (χ4v) is 7.84. The van der Waals surface area contributed by atoms with Gasteiger partial charge in [0.15, 0.2) is 16.4 Å². The van der Waals surface area contributed by atoms with Gasteiger partial charge in [-0.15, -0.1) is 11.3 Å². The number of hydrogen-bond donors (Lipinski definition) is 2. The SMILES string of the molecule is CCOC(=O)C(C)(C)CP(=O)(NC(C)(C)C(=O)OCC)c1ccc(-c2nc(N)sc2CC(C)C)o1. The van der Waals surface area contributed by atoms with E-state index < -0.39 is 30.2 Å². The van der Waals surface area contributed by atoms with Gasteiger partial charge in [-0.1, -0.05) is 13.8 Å². The topological polar surface area (TPSA) is 134 Å². The highest BCUT2D eigenvalue weighted by atomic mass is 32.1. The minimum Gasteiger partial charge on any atom is -0.466 e. The lowest BCUT2D eigenvalue weighted by atomic mass is 9.97. The van der Waals surface area contributed by atoms with Crippen molar-refractivity contribution in [1.29, 1.82) is 0 Å². The molecule has 0 spiro atoms. The first-order chi connectivity index (χ1) is 16.1. The predicted octanol–water partition coefficient (Wildman–Crippen LogP) is 4.61. The minimum atomic E-state index is -3.68. The smallest absolute Gasteiger partial charge is 0.326 e. The Kier molecular flexibility index (Phi) is 9.36. The summed E-state index contributed by atoms with van der Waals surface area (Å²) in [7, 11) is -3.68. The Bertz CT molecular complexity index is 1050. The van der Waals surface area contributed by atoms with Crippen molar-refractivity contribution >= 4 is 41.2 Å². The van der Waals surface area contributed by atoms with E-state index in [2.05, 4.69) is 23.9 Å². The number of ether oxygens (including phenoxy) is 2. The predicted molar refractivity (Wildman–Crippen MR) is 139 cm³/mol. The van der Waals surface area contributed by atoms with Gasteiger partial charge in [0.1, 0.15) is 11.2 Å². The van der Waals surface area contributed by atoms with Crippen LogP contribution in [0.1, 0.15) is 60.3 Å². The number of furan rings is 1. The molecule has 0 aliphatic carbocycles. The summed E-state index contributed by atoms with van der Waals surface area (Å²) in [5.74, 6) is -0.248. The summed E-state index contributed by atoms with van der Waals surface area (Å²) >= 11 is 1.39. The molecule has 0 aliphatic heterocycles. The molecule has 0 fully saturated rings. The monoisotopic (exact) mass is 527 g/mol. The van der Waals surface area contributed by atoms with E-state index in [1.165, 1.54) is 11.3 Å². The van der Waals surface area contributed by atoms with E-state index in [0.717, 1.165) is 11.3 Å². The van der Waals surface area contributed by atoms with Crippen molar-refractivity contribution in [2.24, 2.45) is 11.3 Å². The van der Waals surface area contributed by atoms with Gasteiger partial charge in [-0.05, 0) is 66.0 Å². The van der Waals surface area contributed by atoms with Crippen LogP contribution in [0.25, 0.3) is 11.5 Å². The summed E-state index contributed by atoms with van der Waals surface area (Å²) < 4.78 is 31.0. The Morgan fingerprint density at radius 2 is 1.74 bits per heavy atom. The molecular weight excluding hydrogens is 489 g/mol. The second kappa shape index (κ2) is 11.3. The van der Waals surface area contributed by atoms with Gasteiger partial charge in [0, 0.05) is 11.0 Å². The summed E-state index contributed by atoms with van der Waals surface area (Å²) in [4.78, 5) is 30.6. The first-order valence-electron chi connectivity index (χ1n) is 11.7. The molecule has 0 radical (unpaired) electrons. The minimum absolute atomic E-state index is 0.129. The second-order valence-corrected chi connectivity index (χ2v) is 13.6. The molecule has 35 heavy (non-hydrogen) atoms. The Balaban J connectivity index is 2.54. The second-order valence-electron chi connectivity index (χ2n) is 10.0. The molecule has 1 atom stereocenters. The first kappa shape index (κ1) is 29.1. The van der Waals surface area contributed by atoms with Crippen molar-refractivity contribution in [3.8, 4) is 11.5 Å². The molecule has 0 aromatic carbocycles. The molecule has 0 saturated carbocycles. The van der Waals surface area contributed by atoms with E-state index in [0.29, 0.717) is 22.5 Å². The highest BCUT2D eigenvalue weighted by Gasteiger charge is 2.45. The molecule has 11 heteroatoms. The Morgan fingerprint density at radius 3 is 2.31 bits per heavy atom. The van der Waals surface area contributed by atoms with Crippen LogP contribution >= 0.6 is 18.6 Å². The number of rotatable bonds is 12. The lowest BCUT2D eigenvalue weighted by Crippen LogP contribution is -2.49. The molecule has 0 bridgehead atoms. The molecule has 196 valence electrons. The van der Waals surface area contributed by atoms with Crippen molar-refractivity contribution in [2.45, 2.75) is 67.3 Å². The van der Waals surface area contributed by atoms with Gasteiger partial charge < -0.3 is 19.6 Å². The molecule has 0 amide bonds. The van der Waals surface area contributed by atoms with Crippen LogP contribution in [0.2, 0.25) is 0 Å². The maximum Gasteiger partial charge on any atom is 0.326 e. The van der Waals surface area contributed by atoms with Gasteiger partial charge in [0.05, 0.1) is 18.6 Å². The molecule has 2 aromatic heterocycles. The van der Waals surface area contributed by atoms with Crippen molar-refractivity contribution in [2.75, 3.05) is 25.1 Å². The third-order valence-corrected chi connectivity index (χ3v) is 9.20. The standard InChI is InChI=1S/C24H38N3O6PS/c1-9-31-20(28)23(5,6)14-34(30,27-24(7,8)21(29)32-10-2)18-12-11-16(33-18)19-17(13-15(3)4)35-22(25)26-19/h11-12,15H,9-10,13-14H2,1-8H3,(H2,25,26)(H,27,30). The number of aromatic nitrogens is 1. The fraction of sp³-hybridized carbons (Fsp3) is 0.625. The van der Waals surface area contributed by atoms with Crippen LogP contribution in [0.15, 0.2) is 16.5 Å². The zero-order valence-electron chi connectivity index (χ0n) is 21.9. The number of nitrogens with two attached hydrogens (primary N) is 1. The van der Waals surface area contributed by atoms with Gasteiger partial charge in [0.25, 0.3) is 0 Å². The fourth-order valence-electron chi connectivity index (χ4n) is 3.65. The van der Waals surface area contributed by atoms with E-state index in [1.807, 2.05) is 0 Å². The van der Waals surface area contributed by atoms with Crippen molar-refractivity contribution in [3.63, 3.8) is 0 Å². The molecular formula is C24H38N3O6PS. The molecule has 9 nitrogen and oxygen atoms in total. The van der Waals surface area contributed by atoms with Gasteiger partial charge in [-0.3, -0.25) is 14.2 Å². The van der Waals surface area contributed by atoms with E-state index in [4.69, 9.17) is 19.6 Å². The van der Waals surface area contributed by atoms with Gasteiger partial charge in [-0.25, -0.2) is 10.1 Å². The number of esters is 2. The molecule has 3 N–H and O–H groups in total. The summed E-state index contributed by atoms with van der Waals surface area (Å²) in [6.07, 6.45) is 0.634. The van der Waals surface area contributed by atoms with Gasteiger partial charge in [0.2, 0.25) is 7.29 Å². The number of nitrogen functional groups attached to an aromatic ring is 1. The maximum absolute atomic E-state index is 14.5. The first-order valence-corrected chi connectivity index (χ1v) is 14.4. The number of hydrogen-bond acceptors (Lipinski definition) is 9. The average Bonchev–Trinajstić information content (AvgIpc) is 3.34. The largest absolute Gasteiger partial charge is 0.466 e. The third-order valence-electron chi connectivity index (χ3n) is 5.18. The molecule has 2 aromatic rings. The Hall–Kier alpha value is -2.16. The lowest BCUT2D eigenvalue weighted by molar-refractivity contribution is -0.152. The number of thiazole rings is 1.